The average molecular weight is 275 g/mol. The number of nitrogens with one attached hydrogen (secondary N) is 1. The van der Waals surface area contributed by atoms with E-state index in [2.05, 4.69) is 28.2 Å². The van der Waals surface area contributed by atoms with Gasteiger partial charge in [0.1, 0.15) is 0 Å². The van der Waals surface area contributed by atoms with Crippen LogP contribution in [-0.2, 0) is 11.3 Å². The van der Waals surface area contributed by atoms with Crippen LogP contribution in [0.5, 0.6) is 0 Å². The van der Waals surface area contributed by atoms with Crippen LogP contribution in [0.3, 0.4) is 0 Å². The molecule has 0 amide bonds. The van der Waals surface area contributed by atoms with Gasteiger partial charge in [-0.3, -0.25) is 4.98 Å². The van der Waals surface area contributed by atoms with Gasteiger partial charge in [0.05, 0.1) is 6.10 Å². The summed E-state index contributed by atoms with van der Waals surface area (Å²) in [6, 6.07) is 2.88. The number of hydrogen-bond donors (Lipinski definition) is 1. The fraction of sp³-hybridized carbons (Fsp3) is 0.688. The first-order valence-electron chi connectivity index (χ1n) is 7.72. The fourth-order valence-electron chi connectivity index (χ4n) is 2.97. The van der Waals surface area contributed by atoms with Crippen LogP contribution in [0.25, 0.3) is 0 Å². The van der Waals surface area contributed by atoms with E-state index in [9.17, 15) is 0 Å². The zero-order valence-electron chi connectivity index (χ0n) is 12.5. The largest absolute Gasteiger partial charge is 0.379 e. The minimum Gasteiger partial charge on any atom is -0.379 e. The van der Waals surface area contributed by atoms with Crippen molar-refractivity contribution in [3.63, 3.8) is 0 Å². The van der Waals surface area contributed by atoms with Crippen LogP contribution in [0.1, 0.15) is 31.7 Å². The molecule has 1 saturated heterocycles. The molecule has 0 aromatic carbocycles. The molecule has 0 radical (unpaired) electrons. The summed E-state index contributed by atoms with van der Waals surface area (Å²) in [6.07, 6.45) is 8.07. The van der Waals surface area contributed by atoms with E-state index in [1.54, 1.807) is 0 Å². The lowest BCUT2D eigenvalue weighted by molar-refractivity contribution is 0.0498. The van der Waals surface area contributed by atoms with Crippen molar-refractivity contribution in [2.24, 2.45) is 5.92 Å². The maximum atomic E-state index is 5.63. The molecule has 110 valence electrons. The van der Waals surface area contributed by atoms with Gasteiger partial charge in [0.15, 0.2) is 0 Å². The summed E-state index contributed by atoms with van der Waals surface area (Å²) in [5, 5.41) is 3.59. The summed E-state index contributed by atoms with van der Waals surface area (Å²) in [5.74, 6) is 0.645. The van der Waals surface area contributed by atoms with Crippen molar-refractivity contribution in [1.29, 1.82) is 0 Å². The molecule has 2 heterocycles. The number of ether oxygens (including phenoxy) is 1. The molecule has 1 saturated carbocycles. The van der Waals surface area contributed by atoms with Gasteiger partial charge in [-0.2, -0.15) is 0 Å². The Hall–Kier alpha value is -1.13. The van der Waals surface area contributed by atoms with E-state index in [-0.39, 0.29) is 0 Å². The molecular weight excluding hydrogens is 250 g/mol. The number of piperidine rings is 1. The molecule has 4 heteroatoms. The summed E-state index contributed by atoms with van der Waals surface area (Å²) in [6.45, 7) is 5.31. The molecule has 2 atom stereocenters. The van der Waals surface area contributed by atoms with Crippen LogP contribution in [0, 0.1) is 5.92 Å². The molecule has 1 aliphatic carbocycles. The highest BCUT2D eigenvalue weighted by Crippen LogP contribution is 2.28. The van der Waals surface area contributed by atoms with E-state index in [1.807, 2.05) is 19.5 Å². The Morgan fingerprint density at radius 1 is 1.40 bits per heavy atom. The normalized spacial score (nSPS) is 26.8. The number of methoxy groups -OCH3 is 1. The monoisotopic (exact) mass is 275 g/mol. The third kappa shape index (κ3) is 3.13. The first-order valence-corrected chi connectivity index (χ1v) is 7.72. The Morgan fingerprint density at radius 2 is 2.25 bits per heavy atom. The van der Waals surface area contributed by atoms with Crippen molar-refractivity contribution < 1.29 is 4.74 Å². The number of anilines is 1. The summed E-state index contributed by atoms with van der Waals surface area (Å²) in [5.41, 5.74) is 2.63. The number of hydrogen-bond acceptors (Lipinski definition) is 4. The molecule has 1 aliphatic heterocycles. The van der Waals surface area contributed by atoms with E-state index in [1.165, 1.54) is 30.5 Å². The van der Waals surface area contributed by atoms with Crippen LogP contribution in [0.4, 0.5) is 5.69 Å². The van der Waals surface area contributed by atoms with Crippen LogP contribution >= 0.6 is 0 Å². The first-order chi connectivity index (χ1) is 9.78. The molecule has 1 N–H and O–H groups in total. The zero-order chi connectivity index (χ0) is 13.9. The first kappa shape index (κ1) is 13.8. The number of pyridine rings is 1. The predicted molar refractivity (Wildman–Crippen MR) is 80.9 cm³/mol. The Kier molecular flexibility index (Phi) is 4.22. The average Bonchev–Trinajstić information content (AvgIpc) is 3.30. The molecular formula is C16H25N3O. The van der Waals surface area contributed by atoms with Crippen molar-refractivity contribution in [2.75, 3.05) is 25.1 Å². The summed E-state index contributed by atoms with van der Waals surface area (Å²) < 4.78 is 5.63. The third-order valence-electron chi connectivity index (χ3n) is 4.57. The lowest BCUT2D eigenvalue weighted by Crippen LogP contribution is -2.44. The van der Waals surface area contributed by atoms with Crippen molar-refractivity contribution in [1.82, 2.24) is 10.3 Å². The molecule has 20 heavy (non-hydrogen) atoms. The van der Waals surface area contributed by atoms with E-state index >= 15 is 0 Å². The quantitative estimate of drug-likeness (QED) is 0.894. The number of nitrogens with zero attached hydrogens (tertiary/aromatic N) is 2. The lowest BCUT2D eigenvalue weighted by Gasteiger charge is -2.38. The van der Waals surface area contributed by atoms with Crippen LogP contribution in [-0.4, -0.2) is 37.3 Å². The van der Waals surface area contributed by atoms with Crippen LogP contribution in [0.15, 0.2) is 18.5 Å². The minimum atomic E-state index is 0.334. The molecule has 1 aromatic heterocycles. The standard InChI is InChI=1S/C16H25N3O/c1-12-6-8-19(11-16(12)20-2)15-5-7-17-9-13(15)10-18-14-3-4-14/h5,7,9,12,14,16,18H,3-4,6,8,10-11H2,1-2H3. The maximum absolute atomic E-state index is 5.63. The predicted octanol–water partition coefficient (Wildman–Crippen LogP) is 2.19. The highest BCUT2D eigenvalue weighted by molar-refractivity contribution is 5.52. The topological polar surface area (TPSA) is 37.4 Å². The Morgan fingerprint density at radius 3 is 3.00 bits per heavy atom. The van der Waals surface area contributed by atoms with Crippen molar-refractivity contribution in [3.8, 4) is 0 Å². The van der Waals surface area contributed by atoms with Gasteiger partial charge in [-0.1, -0.05) is 6.92 Å². The maximum Gasteiger partial charge on any atom is 0.0772 e. The van der Waals surface area contributed by atoms with Crippen molar-refractivity contribution in [2.45, 2.75) is 44.9 Å². The van der Waals surface area contributed by atoms with E-state index < -0.39 is 0 Å². The highest BCUT2D eigenvalue weighted by Gasteiger charge is 2.27. The smallest absolute Gasteiger partial charge is 0.0772 e. The van der Waals surface area contributed by atoms with Gasteiger partial charge in [-0.15, -0.1) is 0 Å². The summed E-state index contributed by atoms with van der Waals surface area (Å²) in [7, 11) is 1.83. The fourth-order valence-corrected chi connectivity index (χ4v) is 2.97. The van der Waals surface area contributed by atoms with Crippen molar-refractivity contribution >= 4 is 5.69 Å². The Bertz CT molecular complexity index is 447. The van der Waals surface area contributed by atoms with Gasteiger partial charge in [-0.25, -0.2) is 0 Å². The van der Waals surface area contributed by atoms with Crippen LogP contribution < -0.4 is 10.2 Å². The molecule has 2 unspecified atom stereocenters. The molecule has 2 aliphatic rings. The second kappa shape index (κ2) is 6.10. The minimum absolute atomic E-state index is 0.334. The van der Waals surface area contributed by atoms with Gasteiger partial charge in [0, 0.05) is 56.4 Å². The van der Waals surface area contributed by atoms with Gasteiger partial charge in [0.2, 0.25) is 0 Å². The Balaban J connectivity index is 1.71. The second-order valence-corrected chi connectivity index (χ2v) is 6.15. The van der Waals surface area contributed by atoms with E-state index in [4.69, 9.17) is 4.74 Å². The molecule has 2 fully saturated rings. The van der Waals surface area contributed by atoms with Gasteiger partial charge in [0.25, 0.3) is 0 Å². The van der Waals surface area contributed by atoms with Gasteiger partial charge < -0.3 is 15.0 Å². The Labute approximate surface area is 121 Å². The number of aromatic nitrogens is 1. The van der Waals surface area contributed by atoms with Crippen molar-refractivity contribution in [3.05, 3.63) is 24.0 Å². The van der Waals surface area contributed by atoms with E-state index in [0.29, 0.717) is 12.0 Å². The van der Waals surface area contributed by atoms with Gasteiger partial charge >= 0.3 is 0 Å². The molecule has 4 nitrogen and oxygen atoms in total. The molecule has 0 bridgehead atoms. The molecule has 0 spiro atoms. The highest BCUT2D eigenvalue weighted by atomic mass is 16.5. The summed E-state index contributed by atoms with van der Waals surface area (Å²) >= 11 is 0. The van der Waals surface area contributed by atoms with Crippen LogP contribution in [0.2, 0.25) is 0 Å². The SMILES string of the molecule is COC1CN(c2ccncc2CNC2CC2)CCC1C. The summed E-state index contributed by atoms with van der Waals surface area (Å²) in [4.78, 5) is 6.75. The molecule has 1 aromatic rings. The van der Waals surface area contributed by atoms with E-state index in [0.717, 1.165) is 25.7 Å². The number of rotatable bonds is 5. The zero-order valence-corrected chi connectivity index (χ0v) is 12.5. The second-order valence-electron chi connectivity index (χ2n) is 6.15. The third-order valence-corrected chi connectivity index (χ3v) is 4.57. The lowest BCUT2D eigenvalue weighted by atomic mass is 9.95. The van der Waals surface area contributed by atoms with Gasteiger partial charge in [-0.05, 0) is 31.2 Å². The molecule has 3 rings (SSSR count).